The molecule has 0 heterocycles. The molecular weight excluding hydrogens is 230 g/mol. The van der Waals surface area contributed by atoms with Gasteiger partial charge in [0.1, 0.15) is 0 Å². The van der Waals surface area contributed by atoms with Gasteiger partial charge in [0.15, 0.2) is 0 Å². The molecule has 3 atom stereocenters. The summed E-state index contributed by atoms with van der Waals surface area (Å²) in [6.07, 6.45) is 5.20. The lowest BCUT2D eigenvalue weighted by Crippen LogP contribution is -2.26. The number of hydrogen-bond acceptors (Lipinski definition) is 1. The zero-order valence-corrected chi connectivity index (χ0v) is 11.5. The first kappa shape index (κ1) is 12.9. The molecule has 0 radical (unpaired) electrons. The molecule has 0 aromatic heterocycles. The first-order valence-electron chi connectivity index (χ1n) is 6.59. The van der Waals surface area contributed by atoms with Gasteiger partial charge in [-0.25, -0.2) is 0 Å². The van der Waals surface area contributed by atoms with Crippen molar-refractivity contribution >= 4 is 11.6 Å². The molecule has 1 aromatic rings. The topological polar surface area (TPSA) is 26.0 Å². The van der Waals surface area contributed by atoms with Gasteiger partial charge >= 0.3 is 0 Å². The number of nitrogens with two attached hydrogens (primary N) is 1. The van der Waals surface area contributed by atoms with E-state index >= 15 is 0 Å². The van der Waals surface area contributed by atoms with Crippen LogP contribution >= 0.6 is 11.6 Å². The zero-order valence-electron chi connectivity index (χ0n) is 10.7. The molecule has 2 rings (SSSR count). The average molecular weight is 252 g/mol. The number of hydrogen-bond donors (Lipinski definition) is 1. The molecule has 1 nitrogen and oxygen atoms in total. The molecule has 1 aliphatic carbocycles. The van der Waals surface area contributed by atoms with Gasteiger partial charge < -0.3 is 5.73 Å². The maximum Gasteiger partial charge on any atom is 0.0438 e. The van der Waals surface area contributed by atoms with Crippen molar-refractivity contribution in [3.63, 3.8) is 0 Å². The van der Waals surface area contributed by atoms with Crippen LogP contribution in [0.15, 0.2) is 18.2 Å². The smallest absolute Gasteiger partial charge is 0.0438 e. The summed E-state index contributed by atoms with van der Waals surface area (Å²) in [6, 6.07) is 6.39. The van der Waals surface area contributed by atoms with Crippen LogP contribution < -0.4 is 5.73 Å². The number of halogens is 1. The zero-order chi connectivity index (χ0) is 12.4. The van der Waals surface area contributed by atoms with Crippen molar-refractivity contribution in [3.8, 4) is 0 Å². The Morgan fingerprint density at radius 3 is 2.76 bits per heavy atom. The molecule has 2 N–H and O–H groups in total. The fraction of sp³-hybridized carbons (Fsp3) is 0.600. The van der Waals surface area contributed by atoms with Crippen LogP contribution in [0.25, 0.3) is 0 Å². The standard InChI is InChI=1S/C15H22ClN/c1-10-4-3-5-12(8-10)15(17)13-7-6-11(2)14(16)9-13/h6-7,9-10,12,15H,3-5,8,17H2,1-2H3. The molecule has 3 unspecified atom stereocenters. The van der Waals surface area contributed by atoms with Crippen LogP contribution in [0.1, 0.15) is 49.8 Å². The van der Waals surface area contributed by atoms with E-state index in [9.17, 15) is 0 Å². The van der Waals surface area contributed by atoms with Crippen molar-refractivity contribution in [2.45, 2.75) is 45.6 Å². The molecule has 17 heavy (non-hydrogen) atoms. The predicted molar refractivity (Wildman–Crippen MR) is 74.2 cm³/mol. The predicted octanol–water partition coefficient (Wildman–Crippen LogP) is 4.47. The van der Waals surface area contributed by atoms with Crippen LogP contribution in [0.2, 0.25) is 5.02 Å². The first-order chi connectivity index (χ1) is 8.08. The summed E-state index contributed by atoms with van der Waals surface area (Å²) in [5.74, 6) is 1.44. The van der Waals surface area contributed by atoms with Gasteiger partial charge in [0, 0.05) is 11.1 Å². The van der Waals surface area contributed by atoms with Gasteiger partial charge in [-0.15, -0.1) is 0 Å². The first-order valence-corrected chi connectivity index (χ1v) is 6.97. The third-order valence-corrected chi connectivity index (χ3v) is 4.47. The largest absolute Gasteiger partial charge is 0.324 e. The lowest BCUT2D eigenvalue weighted by atomic mass is 9.77. The van der Waals surface area contributed by atoms with Crippen LogP contribution in [-0.4, -0.2) is 0 Å². The normalized spacial score (nSPS) is 26.8. The van der Waals surface area contributed by atoms with Crippen molar-refractivity contribution in [3.05, 3.63) is 34.3 Å². The Morgan fingerprint density at radius 2 is 2.12 bits per heavy atom. The monoisotopic (exact) mass is 251 g/mol. The van der Waals surface area contributed by atoms with Gasteiger partial charge in [-0.1, -0.05) is 43.5 Å². The van der Waals surface area contributed by atoms with Crippen molar-refractivity contribution in [1.29, 1.82) is 0 Å². The molecule has 94 valence electrons. The summed E-state index contributed by atoms with van der Waals surface area (Å²) in [7, 11) is 0. The Labute approximate surface area is 109 Å². The van der Waals surface area contributed by atoms with E-state index < -0.39 is 0 Å². The van der Waals surface area contributed by atoms with Crippen molar-refractivity contribution in [1.82, 2.24) is 0 Å². The van der Waals surface area contributed by atoms with E-state index in [0.717, 1.165) is 16.5 Å². The molecule has 1 fully saturated rings. The molecule has 0 bridgehead atoms. The number of benzene rings is 1. The van der Waals surface area contributed by atoms with E-state index in [1.807, 2.05) is 13.0 Å². The Hall–Kier alpha value is -0.530. The minimum atomic E-state index is 0.149. The Bertz CT molecular complexity index is 389. The summed E-state index contributed by atoms with van der Waals surface area (Å²) in [5, 5.41) is 0.835. The van der Waals surface area contributed by atoms with E-state index in [0.29, 0.717) is 5.92 Å². The second kappa shape index (κ2) is 5.41. The van der Waals surface area contributed by atoms with Crippen molar-refractivity contribution in [2.75, 3.05) is 0 Å². The minimum absolute atomic E-state index is 0.149. The van der Waals surface area contributed by atoms with Crippen LogP contribution in [-0.2, 0) is 0 Å². The Balaban J connectivity index is 2.12. The Kier molecular flexibility index (Phi) is 4.11. The quantitative estimate of drug-likeness (QED) is 0.824. The van der Waals surface area contributed by atoms with E-state index in [1.165, 1.54) is 31.2 Å². The fourth-order valence-electron chi connectivity index (χ4n) is 2.90. The highest BCUT2D eigenvalue weighted by molar-refractivity contribution is 6.31. The lowest BCUT2D eigenvalue weighted by molar-refractivity contribution is 0.248. The summed E-state index contributed by atoms with van der Waals surface area (Å²) in [5.41, 5.74) is 8.71. The van der Waals surface area contributed by atoms with Gasteiger partial charge in [-0.2, -0.15) is 0 Å². The summed E-state index contributed by atoms with van der Waals surface area (Å²) in [4.78, 5) is 0. The fourth-order valence-corrected chi connectivity index (χ4v) is 3.08. The van der Waals surface area contributed by atoms with Gasteiger partial charge in [-0.3, -0.25) is 0 Å². The third kappa shape index (κ3) is 3.02. The lowest BCUT2D eigenvalue weighted by Gasteiger charge is -2.31. The van der Waals surface area contributed by atoms with Crippen molar-refractivity contribution < 1.29 is 0 Å². The summed E-state index contributed by atoms with van der Waals surface area (Å²) < 4.78 is 0. The second-order valence-corrected chi connectivity index (χ2v) is 5.97. The van der Waals surface area contributed by atoms with Crippen LogP contribution in [0.3, 0.4) is 0 Å². The molecular formula is C15H22ClN. The molecule has 1 aliphatic rings. The van der Waals surface area contributed by atoms with Crippen LogP contribution in [0, 0.1) is 18.8 Å². The Morgan fingerprint density at radius 1 is 1.35 bits per heavy atom. The van der Waals surface area contributed by atoms with Gasteiger partial charge in [0.2, 0.25) is 0 Å². The van der Waals surface area contributed by atoms with Gasteiger partial charge in [-0.05, 0) is 48.8 Å². The van der Waals surface area contributed by atoms with Gasteiger partial charge in [0.05, 0.1) is 0 Å². The molecule has 1 saturated carbocycles. The van der Waals surface area contributed by atoms with E-state index in [2.05, 4.69) is 19.1 Å². The molecule has 0 aliphatic heterocycles. The third-order valence-electron chi connectivity index (χ3n) is 4.07. The molecule has 0 spiro atoms. The molecule has 0 amide bonds. The van der Waals surface area contributed by atoms with Crippen LogP contribution in [0.5, 0.6) is 0 Å². The van der Waals surface area contributed by atoms with Crippen molar-refractivity contribution in [2.24, 2.45) is 17.6 Å². The molecule has 1 aromatic carbocycles. The van der Waals surface area contributed by atoms with E-state index in [-0.39, 0.29) is 6.04 Å². The number of aryl methyl sites for hydroxylation is 1. The minimum Gasteiger partial charge on any atom is -0.324 e. The molecule has 2 heteroatoms. The van der Waals surface area contributed by atoms with Crippen LogP contribution in [0.4, 0.5) is 0 Å². The van der Waals surface area contributed by atoms with E-state index in [4.69, 9.17) is 17.3 Å². The maximum atomic E-state index is 6.39. The molecule has 0 saturated heterocycles. The highest BCUT2D eigenvalue weighted by Gasteiger charge is 2.25. The number of rotatable bonds is 2. The highest BCUT2D eigenvalue weighted by Crippen LogP contribution is 2.36. The second-order valence-electron chi connectivity index (χ2n) is 5.57. The summed E-state index contributed by atoms with van der Waals surface area (Å²) in [6.45, 7) is 4.36. The maximum absolute atomic E-state index is 6.39. The highest BCUT2D eigenvalue weighted by atomic mass is 35.5. The van der Waals surface area contributed by atoms with E-state index in [1.54, 1.807) is 0 Å². The average Bonchev–Trinajstić information content (AvgIpc) is 2.32. The summed E-state index contributed by atoms with van der Waals surface area (Å²) >= 11 is 6.17. The SMILES string of the molecule is Cc1ccc(C(N)C2CCCC(C)C2)cc1Cl. The van der Waals surface area contributed by atoms with Gasteiger partial charge in [0.25, 0.3) is 0 Å².